The van der Waals surface area contributed by atoms with Crippen LogP contribution in [0.3, 0.4) is 0 Å². The van der Waals surface area contributed by atoms with E-state index in [1.165, 1.54) is 45.4 Å². The van der Waals surface area contributed by atoms with Crippen molar-refractivity contribution in [2.45, 2.75) is 33.1 Å². The third-order valence-electron chi connectivity index (χ3n) is 5.50. The smallest absolute Gasteiger partial charge is 0.134 e. The zero-order valence-electron chi connectivity index (χ0n) is 15.1. The van der Waals surface area contributed by atoms with Gasteiger partial charge in [-0.05, 0) is 55.4 Å². The maximum Gasteiger partial charge on any atom is 0.134 e. The molecule has 3 aromatic heterocycles. The molecule has 1 aromatic carbocycles. The Morgan fingerprint density at radius 1 is 1.12 bits per heavy atom. The summed E-state index contributed by atoms with van der Waals surface area (Å²) in [6, 6.07) is 14.5. The predicted molar refractivity (Wildman–Crippen MR) is 109 cm³/mol. The summed E-state index contributed by atoms with van der Waals surface area (Å²) < 4.78 is 5.86. The number of aryl methyl sites for hydroxylation is 1. The van der Waals surface area contributed by atoms with Gasteiger partial charge in [-0.3, -0.25) is 0 Å². The lowest BCUT2D eigenvalue weighted by atomic mass is 9.87. The van der Waals surface area contributed by atoms with Crippen LogP contribution in [0.2, 0.25) is 0 Å². The number of furan rings is 1. The van der Waals surface area contributed by atoms with Crippen LogP contribution < -0.4 is 0 Å². The van der Waals surface area contributed by atoms with Crippen LogP contribution in [-0.4, -0.2) is 4.98 Å². The van der Waals surface area contributed by atoms with Crippen molar-refractivity contribution in [3.63, 3.8) is 0 Å². The second-order valence-corrected chi connectivity index (χ2v) is 8.42. The third kappa shape index (κ3) is 2.42. The van der Waals surface area contributed by atoms with Crippen molar-refractivity contribution in [1.82, 2.24) is 4.98 Å². The molecule has 26 heavy (non-hydrogen) atoms. The van der Waals surface area contributed by atoms with Crippen molar-refractivity contribution in [1.29, 1.82) is 0 Å². The Kier molecular flexibility index (Phi) is 3.71. The first kappa shape index (κ1) is 15.8. The van der Waals surface area contributed by atoms with Gasteiger partial charge in [-0.15, -0.1) is 11.3 Å². The van der Waals surface area contributed by atoms with E-state index in [9.17, 15) is 0 Å². The van der Waals surface area contributed by atoms with Crippen molar-refractivity contribution in [3.8, 4) is 22.6 Å². The number of rotatable bonds is 2. The van der Waals surface area contributed by atoms with E-state index in [-0.39, 0.29) is 0 Å². The first-order chi connectivity index (χ1) is 12.7. The number of benzene rings is 1. The number of aromatic nitrogens is 1. The van der Waals surface area contributed by atoms with Gasteiger partial charge in [0.15, 0.2) is 0 Å². The second kappa shape index (κ2) is 6.10. The summed E-state index contributed by atoms with van der Waals surface area (Å²) in [6.07, 6.45) is 5.35. The number of pyridine rings is 1. The molecule has 3 heterocycles. The minimum Gasteiger partial charge on any atom is -0.464 e. The number of fused-ring (bicyclic) bond motifs is 3. The van der Waals surface area contributed by atoms with Crippen LogP contribution in [0.4, 0.5) is 0 Å². The lowest BCUT2D eigenvalue weighted by molar-refractivity contribution is 0.509. The summed E-state index contributed by atoms with van der Waals surface area (Å²) in [4.78, 5) is 7.79. The molecule has 0 radical (unpaired) electrons. The minimum absolute atomic E-state index is 0.761. The SMILES string of the molecule is Cc1c(-c2ccccc2)nc2sc3c(c2c1-c1ccco1)CC[C@@H](C)C3. The Morgan fingerprint density at radius 3 is 2.73 bits per heavy atom. The van der Waals surface area contributed by atoms with Gasteiger partial charge in [-0.1, -0.05) is 37.3 Å². The summed E-state index contributed by atoms with van der Waals surface area (Å²) in [7, 11) is 0. The molecule has 0 saturated heterocycles. The van der Waals surface area contributed by atoms with Gasteiger partial charge in [0.2, 0.25) is 0 Å². The van der Waals surface area contributed by atoms with Gasteiger partial charge >= 0.3 is 0 Å². The van der Waals surface area contributed by atoms with Gasteiger partial charge in [0.05, 0.1) is 12.0 Å². The van der Waals surface area contributed by atoms with Crippen molar-refractivity contribution in [2.75, 3.05) is 0 Å². The molecule has 1 atom stereocenters. The molecular formula is C23H21NOS. The van der Waals surface area contributed by atoms with Crippen LogP contribution >= 0.6 is 11.3 Å². The maximum absolute atomic E-state index is 5.86. The molecular weight excluding hydrogens is 338 g/mol. The lowest BCUT2D eigenvalue weighted by Gasteiger charge is -2.19. The van der Waals surface area contributed by atoms with Crippen molar-refractivity contribution >= 4 is 21.6 Å². The molecule has 1 aliphatic rings. The largest absolute Gasteiger partial charge is 0.464 e. The van der Waals surface area contributed by atoms with Gasteiger partial charge in [0.25, 0.3) is 0 Å². The Hall–Kier alpha value is -2.39. The highest BCUT2D eigenvalue weighted by Crippen LogP contribution is 2.45. The number of nitrogens with zero attached hydrogens (tertiary/aromatic N) is 1. The van der Waals surface area contributed by atoms with Gasteiger partial charge in [0.1, 0.15) is 10.6 Å². The molecule has 0 bridgehead atoms. The summed E-state index contributed by atoms with van der Waals surface area (Å²) in [5, 5.41) is 1.32. The molecule has 0 unspecified atom stereocenters. The van der Waals surface area contributed by atoms with Crippen LogP contribution in [0.1, 0.15) is 29.3 Å². The monoisotopic (exact) mass is 359 g/mol. The standard InChI is InChI=1S/C23H21NOS/c1-14-10-11-17-19(13-14)26-23-21(17)20(18-9-6-12-25-18)15(2)22(24-23)16-7-4-3-5-8-16/h3-9,12,14H,10-11,13H2,1-2H3/t14-/m1/s1. The fourth-order valence-electron chi connectivity index (χ4n) is 4.17. The van der Waals surface area contributed by atoms with Crippen molar-refractivity contribution in [3.05, 3.63) is 64.7 Å². The molecule has 0 spiro atoms. The zero-order chi connectivity index (χ0) is 17.7. The molecule has 2 nitrogen and oxygen atoms in total. The third-order valence-corrected chi connectivity index (χ3v) is 6.65. The number of hydrogen-bond acceptors (Lipinski definition) is 3. The van der Waals surface area contributed by atoms with Gasteiger partial charge < -0.3 is 4.42 Å². The van der Waals surface area contributed by atoms with Crippen LogP contribution in [-0.2, 0) is 12.8 Å². The topological polar surface area (TPSA) is 26.0 Å². The van der Waals surface area contributed by atoms with E-state index in [0.717, 1.165) is 28.6 Å². The van der Waals surface area contributed by atoms with Gasteiger partial charge in [-0.25, -0.2) is 4.98 Å². The van der Waals surface area contributed by atoms with Crippen LogP contribution in [0.5, 0.6) is 0 Å². The lowest BCUT2D eigenvalue weighted by Crippen LogP contribution is -2.08. The summed E-state index contributed by atoms with van der Waals surface area (Å²) in [6.45, 7) is 4.54. The van der Waals surface area contributed by atoms with Gasteiger partial charge in [-0.2, -0.15) is 0 Å². The van der Waals surface area contributed by atoms with Crippen molar-refractivity contribution < 1.29 is 4.42 Å². The molecule has 5 rings (SSSR count). The molecule has 0 amide bonds. The fourth-order valence-corrected chi connectivity index (χ4v) is 5.56. The Labute approximate surface area is 157 Å². The van der Waals surface area contributed by atoms with E-state index in [1.54, 1.807) is 6.26 Å². The Morgan fingerprint density at radius 2 is 1.96 bits per heavy atom. The molecule has 0 saturated carbocycles. The van der Waals surface area contributed by atoms with E-state index in [0.29, 0.717) is 0 Å². The van der Waals surface area contributed by atoms with Crippen LogP contribution in [0, 0.1) is 12.8 Å². The molecule has 4 aromatic rings. The van der Waals surface area contributed by atoms with E-state index in [2.05, 4.69) is 50.2 Å². The number of hydrogen-bond donors (Lipinski definition) is 0. The van der Waals surface area contributed by atoms with Crippen LogP contribution in [0.15, 0.2) is 53.1 Å². The highest BCUT2D eigenvalue weighted by Gasteiger charge is 2.26. The quantitative estimate of drug-likeness (QED) is 0.400. The van der Waals surface area contributed by atoms with E-state index in [4.69, 9.17) is 9.40 Å². The van der Waals surface area contributed by atoms with Crippen LogP contribution in [0.25, 0.3) is 32.8 Å². The molecule has 0 aliphatic heterocycles. The number of thiophene rings is 1. The molecule has 1 aliphatic carbocycles. The second-order valence-electron chi connectivity index (χ2n) is 7.34. The maximum atomic E-state index is 5.86. The normalized spacial score (nSPS) is 16.8. The van der Waals surface area contributed by atoms with Gasteiger partial charge in [0, 0.05) is 21.4 Å². The first-order valence-corrected chi connectivity index (χ1v) is 10.1. The predicted octanol–water partition coefficient (Wildman–Crippen LogP) is 6.66. The molecule has 0 N–H and O–H groups in total. The highest BCUT2D eigenvalue weighted by atomic mass is 32.1. The molecule has 3 heteroatoms. The summed E-state index contributed by atoms with van der Waals surface area (Å²) >= 11 is 1.88. The Bertz CT molecular complexity index is 1080. The summed E-state index contributed by atoms with van der Waals surface area (Å²) in [5.74, 6) is 1.71. The Balaban J connectivity index is 1.86. The average molecular weight is 359 g/mol. The van der Waals surface area contributed by atoms with E-state index < -0.39 is 0 Å². The average Bonchev–Trinajstić information content (AvgIpc) is 3.29. The highest BCUT2D eigenvalue weighted by molar-refractivity contribution is 7.19. The first-order valence-electron chi connectivity index (χ1n) is 9.26. The fraction of sp³-hybridized carbons (Fsp3) is 0.261. The molecule has 0 fully saturated rings. The zero-order valence-corrected chi connectivity index (χ0v) is 15.9. The van der Waals surface area contributed by atoms with Crippen molar-refractivity contribution in [2.24, 2.45) is 5.92 Å². The molecule has 130 valence electrons. The minimum atomic E-state index is 0.761. The summed E-state index contributed by atoms with van der Waals surface area (Å²) in [5.41, 5.74) is 6.17. The van der Waals surface area contributed by atoms with E-state index >= 15 is 0 Å². The van der Waals surface area contributed by atoms with E-state index in [1.807, 2.05) is 17.4 Å².